The van der Waals surface area contributed by atoms with Gasteiger partial charge in [-0.1, -0.05) is 0 Å². The summed E-state index contributed by atoms with van der Waals surface area (Å²) in [7, 11) is 7.91. The van der Waals surface area contributed by atoms with Crippen LogP contribution in [-0.4, -0.2) is 43.1 Å². The van der Waals surface area contributed by atoms with E-state index in [1.807, 2.05) is 86.5 Å². The number of hydrogen-bond acceptors (Lipinski definition) is 7. The van der Waals surface area contributed by atoms with Crippen LogP contribution in [0.2, 0.25) is 0 Å². The van der Waals surface area contributed by atoms with Crippen molar-refractivity contribution in [2.75, 3.05) is 48.6 Å². The molecule has 3 aromatic rings. The minimum Gasteiger partial charge on any atom is -0.378 e. The zero-order chi connectivity index (χ0) is 19.4. The predicted molar refractivity (Wildman–Crippen MR) is 111 cm³/mol. The van der Waals surface area contributed by atoms with Gasteiger partial charge in [0.2, 0.25) is 11.9 Å². The molecule has 3 rings (SSSR count). The van der Waals surface area contributed by atoms with Crippen molar-refractivity contribution in [2.24, 2.45) is 0 Å². The van der Waals surface area contributed by atoms with Crippen molar-refractivity contribution in [1.29, 1.82) is 0 Å². The van der Waals surface area contributed by atoms with Gasteiger partial charge in [-0.25, -0.2) is 4.79 Å². The summed E-state index contributed by atoms with van der Waals surface area (Å²) < 4.78 is 0. The van der Waals surface area contributed by atoms with Crippen molar-refractivity contribution in [3.05, 3.63) is 59.0 Å². The van der Waals surface area contributed by atoms with Crippen molar-refractivity contribution in [2.45, 2.75) is 0 Å². The standard InChI is InChI=1S/C19H23N7O/c1-25(2)15-9-5-13(6-10-15)20-17-22-18(24-19(27)23-17)21-14-7-11-16(12-8-14)26(3)4/h5-12H,1-4H3,(H3,20,21,22,23,24,27). The fourth-order valence-electron chi connectivity index (χ4n) is 2.45. The lowest BCUT2D eigenvalue weighted by atomic mass is 10.2. The van der Waals surface area contributed by atoms with Crippen LogP contribution in [0.5, 0.6) is 0 Å². The zero-order valence-electron chi connectivity index (χ0n) is 15.8. The molecule has 0 saturated heterocycles. The monoisotopic (exact) mass is 365 g/mol. The maximum Gasteiger partial charge on any atom is 0.351 e. The van der Waals surface area contributed by atoms with Gasteiger partial charge in [0.05, 0.1) is 0 Å². The predicted octanol–water partition coefficient (Wildman–Crippen LogP) is 2.78. The quantitative estimate of drug-likeness (QED) is 0.619. The molecule has 1 aromatic heterocycles. The molecule has 0 aliphatic rings. The summed E-state index contributed by atoms with van der Waals surface area (Å²) in [6.07, 6.45) is 0. The Morgan fingerprint density at radius 2 is 1.22 bits per heavy atom. The summed E-state index contributed by atoms with van der Waals surface area (Å²) in [4.78, 5) is 26.7. The number of aromatic nitrogens is 3. The summed E-state index contributed by atoms with van der Waals surface area (Å²) >= 11 is 0. The lowest BCUT2D eigenvalue weighted by Gasteiger charge is -2.14. The summed E-state index contributed by atoms with van der Waals surface area (Å²) in [5.41, 5.74) is 3.30. The molecule has 0 fully saturated rings. The topological polar surface area (TPSA) is 89.2 Å². The van der Waals surface area contributed by atoms with Gasteiger partial charge in [-0.05, 0) is 48.5 Å². The molecular formula is C19H23N7O. The molecule has 0 bridgehead atoms. The molecule has 3 N–H and O–H groups in total. The molecule has 0 atom stereocenters. The second-order valence-corrected chi connectivity index (χ2v) is 6.46. The summed E-state index contributed by atoms with van der Waals surface area (Å²) in [6.45, 7) is 0. The highest BCUT2D eigenvalue weighted by Gasteiger charge is 2.05. The minimum atomic E-state index is -0.482. The van der Waals surface area contributed by atoms with Crippen molar-refractivity contribution >= 4 is 34.6 Å². The molecule has 140 valence electrons. The van der Waals surface area contributed by atoms with E-state index in [0.717, 1.165) is 22.7 Å². The maximum absolute atomic E-state index is 11.9. The van der Waals surface area contributed by atoms with E-state index in [-0.39, 0.29) is 5.95 Å². The van der Waals surface area contributed by atoms with E-state index >= 15 is 0 Å². The molecule has 8 heteroatoms. The number of benzene rings is 2. The summed E-state index contributed by atoms with van der Waals surface area (Å²) in [6, 6.07) is 15.6. The highest BCUT2D eigenvalue weighted by atomic mass is 16.1. The Bertz CT molecular complexity index is 872. The second-order valence-electron chi connectivity index (χ2n) is 6.46. The third-order valence-electron chi connectivity index (χ3n) is 3.94. The van der Waals surface area contributed by atoms with Crippen LogP contribution in [0, 0.1) is 0 Å². The van der Waals surface area contributed by atoms with Gasteiger partial charge in [0.1, 0.15) is 0 Å². The molecule has 0 aliphatic heterocycles. The van der Waals surface area contributed by atoms with Gasteiger partial charge < -0.3 is 20.4 Å². The first kappa shape index (κ1) is 18.2. The highest BCUT2D eigenvalue weighted by Crippen LogP contribution is 2.20. The molecule has 0 unspecified atom stereocenters. The van der Waals surface area contributed by atoms with Crippen LogP contribution in [0.1, 0.15) is 0 Å². The fourth-order valence-corrected chi connectivity index (χ4v) is 2.45. The molecule has 0 saturated carbocycles. The number of anilines is 6. The van der Waals surface area contributed by atoms with Crippen molar-refractivity contribution in [1.82, 2.24) is 15.0 Å². The van der Waals surface area contributed by atoms with Crippen LogP contribution >= 0.6 is 0 Å². The van der Waals surface area contributed by atoms with E-state index in [1.165, 1.54) is 0 Å². The molecule has 0 radical (unpaired) electrons. The number of hydrogen-bond donors (Lipinski definition) is 3. The van der Waals surface area contributed by atoms with Crippen LogP contribution in [-0.2, 0) is 0 Å². The van der Waals surface area contributed by atoms with E-state index in [4.69, 9.17) is 0 Å². The molecule has 0 amide bonds. The number of nitrogens with zero attached hydrogens (tertiary/aromatic N) is 4. The summed E-state index contributed by atoms with van der Waals surface area (Å²) in [5, 5.41) is 6.14. The zero-order valence-corrected chi connectivity index (χ0v) is 15.8. The second kappa shape index (κ2) is 7.77. The van der Waals surface area contributed by atoms with Gasteiger partial charge in [-0.2, -0.15) is 9.97 Å². The largest absolute Gasteiger partial charge is 0.378 e. The van der Waals surface area contributed by atoms with Crippen LogP contribution < -0.4 is 26.1 Å². The third-order valence-corrected chi connectivity index (χ3v) is 3.94. The van der Waals surface area contributed by atoms with Crippen molar-refractivity contribution in [3.8, 4) is 0 Å². The smallest absolute Gasteiger partial charge is 0.351 e. The number of nitrogens with one attached hydrogen (secondary N) is 3. The Balaban J connectivity index is 1.76. The lowest BCUT2D eigenvalue weighted by Crippen LogP contribution is -2.16. The Kier molecular flexibility index (Phi) is 5.25. The molecule has 1 heterocycles. The molecule has 8 nitrogen and oxygen atoms in total. The Labute approximate surface area is 157 Å². The van der Waals surface area contributed by atoms with Gasteiger partial charge in [0.25, 0.3) is 0 Å². The number of H-pyrrole nitrogens is 1. The molecular weight excluding hydrogens is 342 g/mol. The van der Waals surface area contributed by atoms with Crippen molar-refractivity contribution in [3.63, 3.8) is 0 Å². The average molecular weight is 365 g/mol. The van der Waals surface area contributed by atoms with Gasteiger partial charge in [-0.15, -0.1) is 0 Å². The van der Waals surface area contributed by atoms with Gasteiger partial charge in [0, 0.05) is 50.9 Å². The average Bonchev–Trinajstić information content (AvgIpc) is 2.62. The first-order chi connectivity index (χ1) is 12.9. The maximum atomic E-state index is 11.9. The first-order valence-electron chi connectivity index (χ1n) is 8.48. The minimum absolute atomic E-state index is 0.226. The number of aromatic amines is 1. The van der Waals surface area contributed by atoms with E-state index in [2.05, 4.69) is 25.6 Å². The van der Waals surface area contributed by atoms with Crippen LogP contribution in [0.25, 0.3) is 0 Å². The Morgan fingerprint density at radius 1 is 0.741 bits per heavy atom. The summed E-state index contributed by atoms with van der Waals surface area (Å²) in [5.74, 6) is 0.545. The Hall–Kier alpha value is -3.55. The van der Waals surface area contributed by atoms with Gasteiger partial charge >= 0.3 is 5.69 Å². The third kappa shape index (κ3) is 4.75. The SMILES string of the molecule is CN(C)c1ccc(Nc2nc(Nc3ccc(N(C)C)cc3)[nH]c(=O)n2)cc1. The van der Waals surface area contributed by atoms with Crippen LogP contribution in [0.15, 0.2) is 53.3 Å². The van der Waals surface area contributed by atoms with E-state index in [0.29, 0.717) is 5.95 Å². The van der Waals surface area contributed by atoms with Crippen molar-refractivity contribution < 1.29 is 0 Å². The van der Waals surface area contributed by atoms with E-state index in [9.17, 15) is 4.79 Å². The molecule has 27 heavy (non-hydrogen) atoms. The Morgan fingerprint density at radius 3 is 1.70 bits per heavy atom. The molecule has 0 aliphatic carbocycles. The normalized spacial score (nSPS) is 10.4. The fraction of sp³-hybridized carbons (Fsp3) is 0.211. The van der Waals surface area contributed by atoms with Crippen LogP contribution in [0.3, 0.4) is 0 Å². The van der Waals surface area contributed by atoms with E-state index in [1.54, 1.807) is 0 Å². The lowest BCUT2D eigenvalue weighted by molar-refractivity contribution is 1.00. The molecule has 0 spiro atoms. The molecule has 2 aromatic carbocycles. The van der Waals surface area contributed by atoms with Gasteiger partial charge in [0.15, 0.2) is 0 Å². The number of rotatable bonds is 6. The van der Waals surface area contributed by atoms with Crippen LogP contribution in [0.4, 0.5) is 34.6 Å². The highest BCUT2D eigenvalue weighted by molar-refractivity contribution is 5.61. The van der Waals surface area contributed by atoms with E-state index < -0.39 is 5.69 Å². The van der Waals surface area contributed by atoms with Gasteiger partial charge in [-0.3, -0.25) is 4.98 Å². The first-order valence-corrected chi connectivity index (χ1v) is 8.48.